The van der Waals surface area contributed by atoms with Crippen molar-refractivity contribution in [3.63, 3.8) is 0 Å². The molecule has 5 nitrogen and oxygen atoms in total. The number of aliphatic hydroxyl groups is 1. The summed E-state index contributed by atoms with van der Waals surface area (Å²) in [5, 5.41) is 15.1. The van der Waals surface area contributed by atoms with Crippen LogP contribution in [0.5, 0.6) is 5.75 Å². The second-order valence-electron chi connectivity index (χ2n) is 5.34. The van der Waals surface area contributed by atoms with E-state index in [9.17, 15) is 4.79 Å². The maximum absolute atomic E-state index is 12.0. The predicted molar refractivity (Wildman–Crippen MR) is 90.6 cm³/mol. The van der Waals surface area contributed by atoms with Crippen molar-refractivity contribution in [2.45, 2.75) is 39.4 Å². The van der Waals surface area contributed by atoms with E-state index in [4.69, 9.17) is 9.84 Å². The highest BCUT2D eigenvalue weighted by molar-refractivity contribution is 7.09. The van der Waals surface area contributed by atoms with Crippen molar-refractivity contribution < 1.29 is 14.6 Å². The number of nitrogens with one attached hydrogen (secondary N) is 1. The smallest absolute Gasteiger partial charge is 0.260 e. The lowest BCUT2D eigenvalue weighted by Crippen LogP contribution is -2.36. The Morgan fingerprint density at radius 3 is 3.00 bits per heavy atom. The Bertz CT molecular complexity index is 642. The zero-order valence-electron chi connectivity index (χ0n) is 13.4. The Kier molecular flexibility index (Phi) is 6.55. The molecule has 1 aromatic heterocycles. The summed E-state index contributed by atoms with van der Waals surface area (Å²) in [6.45, 7) is 4.24. The molecule has 0 fully saturated rings. The van der Waals surface area contributed by atoms with E-state index < -0.39 is 6.10 Å². The van der Waals surface area contributed by atoms with E-state index in [1.165, 1.54) is 0 Å². The molecule has 1 unspecified atom stereocenters. The molecular weight excluding hydrogens is 312 g/mol. The number of thiazole rings is 1. The first kappa shape index (κ1) is 17.4. The molecule has 0 aliphatic heterocycles. The van der Waals surface area contributed by atoms with Crippen molar-refractivity contribution in [3.8, 4) is 5.75 Å². The van der Waals surface area contributed by atoms with Crippen LogP contribution < -0.4 is 10.1 Å². The SMILES string of the molecule is Cc1csc(CCCNC(=O)C(C)Oc2cccc(CO)c2)n1. The molecule has 0 bridgehead atoms. The molecule has 1 amide bonds. The van der Waals surface area contributed by atoms with Crippen molar-refractivity contribution in [1.82, 2.24) is 10.3 Å². The quantitative estimate of drug-likeness (QED) is 0.728. The number of rotatable bonds is 8. The number of carbonyl (C=O) groups excluding carboxylic acids is 1. The second-order valence-corrected chi connectivity index (χ2v) is 6.29. The fourth-order valence-corrected chi connectivity index (χ4v) is 2.91. The lowest BCUT2D eigenvalue weighted by Gasteiger charge is -2.15. The fourth-order valence-electron chi connectivity index (χ4n) is 2.09. The number of nitrogens with zero attached hydrogens (tertiary/aromatic N) is 1. The molecule has 1 aromatic carbocycles. The molecule has 0 aliphatic carbocycles. The van der Waals surface area contributed by atoms with E-state index in [1.54, 1.807) is 42.5 Å². The van der Waals surface area contributed by atoms with E-state index in [0.29, 0.717) is 12.3 Å². The third-order valence-corrected chi connectivity index (χ3v) is 4.32. The lowest BCUT2D eigenvalue weighted by atomic mass is 10.2. The van der Waals surface area contributed by atoms with Crippen molar-refractivity contribution in [1.29, 1.82) is 0 Å². The van der Waals surface area contributed by atoms with Gasteiger partial charge in [-0.25, -0.2) is 4.98 Å². The van der Waals surface area contributed by atoms with E-state index in [0.717, 1.165) is 29.1 Å². The minimum absolute atomic E-state index is 0.0476. The first-order chi connectivity index (χ1) is 11.1. The van der Waals surface area contributed by atoms with Gasteiger partial charge in [-0.3, -0.25) is 4.79 Å². The van der Waals surface area contributed by atoms with Crippen molar-refractivity contribution >= 4 is 17.2 Å². The molecule has 0 saturated carbocycles. The zero-order chi connectivity index (χ0) is 16.7. The molecule has 0 saturated heterocycles. The number of hydrogen-bond donors (Lipinski definition) is 2. The molecule has 124 valence electrons. The van der Waals surface area contributed by atoms with Crippen molar-refractivity contribution in [3.05, 3.63) is 45.9 Å². The number of carbonyl (C=O) groups is 1. The highest BCUT2D eigenvalue weighted by Gasteiger charge is 2.14. The Morgan fingerprint density at radius 2 is 2.30 bits per heavy atom. The number of hydrogen-bond acceptors (Lipinski definition) is 5. The Labute approximate surface area is 140 Å². The van der Waals surface area contributed by atoms with Gasteiger partial charge in [0.05, 0.1) is 11.6 Å². The molecule has 1 atom stereocenters. The number of benzene rings is 1. The normalized spacial score (nSPS) is 12.0. The Hall–Kier alpha value is -1.92. The average molecular weight is 334 g/mol. The molecule has 2 aromatic rings. The first-order valence-electron chi connectivity index (χ1n) is 7.63. The minimum atomic E-state index is -0.578. The van der Waals surface area contributed by atoms with Gasteiger partial charge < -0.3 is 15.2 Å². The molecular formula is C17H22N2O3S. The third-order valence-electron chi connectivity index (χ3n) is 3.30. The molecule has 2 rings (SSSR count). The van der Waals surface area contributed by atoms with Gasteiger partial charge in [0.2, 0.25) is 0 Å². The summed E-state index contributed by atoms with van der Waals surface area (Å²) >= 11 is 1.65. The molecule has 0 radical (unpaired) electrons. The van der Waals surface area contributed by atoms with Crippen molar-refractivity contribution in [2.75, 3.05) is 6.54 Å². The highest BCUT2D eigenvalue weighted by atomic mass is 32.1. The van der Waals surface area contributed by atoms with Crippen LogP contribution in [-0.4, -0.2) is 28.6 Å². The Morgan fingerprint density at radius 1 is 1.48 bits per heavy atom. The van der Waals surface area contributed by atoms with Gasteiger partial charge in [0.25, 0.3) is 5.91 Å². The molecule has 1 heterocycles. The van der Waals surface area contributed by atoms with Crippen molar-refractivity contribution in [2.24, 2.45) is 0 Å². The lowest BCUT2D eigenvalue weighted by molar-refractivity contribution is -0.127. The highest BCUT2D eigenvalue weighted by Crippen LogP contribution is 2.15. The van der Waals surface area contributed by atoms with Crippen LogP contribution in [0.4, 0.5) is 0 Å². The number of ether oxygens (including phenoxy) is 1. The van der Waals surface area contributed by atoms with Crippen LogP contribution in [0.2, 0.25) is 0 Å². The van der Waals surface area contributed by atoms with Gasteiger partial charge in [-0.1, -0.05) is 12.1 Å². The van der Waals surface area contributed by atoms with Gasteiger partial charge in [0, 0.05) is 24.0 Å². The van der Waals surface area contributed by atoms with Gasteiger partial charge in [0.1, 0.15) is 5.75 Å². The van der Waals surface area contributed by atoms with E-state index in [-0.39, 0.29) is 12.5 Å². The van der Waals surface area contributed by atoms with Gasteiger partial charge in [-0.2, -0.15) is 0 Å². The fraction of sp³-hybridized carbons (Fsp3) is 0.412. The second kappa shape index (κ2) is 8.64. The van der Waals surface area contributed by atoms with Gasteiger partial charge in [-0.15, -0.1) is 11.3 Å². The summed E-state index contributed by atoms with van der Waals surface area (Å²) in [6, 6.07) is 7.10. The average Bonchev–Trinajstić information content (AvgIpc) is 2.97. The molecule has 0 spiro atoms. The maximum atomic E-state index is 12.0. The van der Waals surface area contributed by atoms with Crippen LogP contribution >= 0.6 is 11.3 Å². The number of aliphatic hydroxyl groups excluding tert-OH is 1. The zero-order valence-corrected chi connectivity index (χ0v) is 14.2. The van der Waals surface area contributed by atoms with E-state index in [1.807, 2.05) is 12.3 Å². The summed E-state index contributed by atoms with van der Waals surface area (Å²) in [5.41, 5.74) is 1.80. The van der Waals surface area contributed by atoms with Crippen LogP contribution in [0.3, 0.4) is 0 Å². The standard InChI is InChI=1S/C17H22N2O3S/c1-12-11-23-16(19-12)7-4-8-18-17(21)13(2)22-15-6-3-5-14(9-15)10-20/h3,5-6,9,11,13,20H,4,7-8,10H2,1-2H3,(H,18,21). The number of amides is 1. The van der Waals surface area contributed by atoms with Crippen LogP contribution in [0.1, 0.15) is 29.6 Å². The predicted octanol–water partition coefficient (Wildman–Crippen LogP) is 2.46. The minimum Gasteiger partial charge on any atom is -0.481 e. The molecule has 2 N–H and O–H groups in total. The van der Waals surface area contributed by atoms with Crippen LogP contribution in [0, 0.1) is 6.92 Å². The molecule has 0 aliphatic rings. The summed E-state index contributed by atoms with van der Waals surface area (Å²) in [5.74, 6) is 0.437. The van der Waals surface area contributed by atoms with E-state index in [2.05, 4.69) is 10.3 Å². The number of aromatic nitrogens is 1. The van der Waals surface area contributed by atoms with Crippen LogP contribution in [0.15, 0.2) is 29.6 Å². The summed E-state index contributed by atoms with van der Waals surface area (Å²) in [6.07, 6.45) is 1.14. The van der Waals surface area contributed by atoms with Gasteiger partial charge in [-0.05, 0) is 38.0 Å². The topological polar surface area (TPSA) is 71.5 Å². The van der Waals surface area contributed by atoms with Crippen LogP contribution in [0.25, 0.3) is 0 Å². The Balaban J connectivity index is 1.71. The van der Waals surface area contributed by atoms with Gasteiger partial charge in [0.15, 0.2) is 6.10 Å². The molecule has 23 heavy (non-hydrogen) atoms. The summed E-state index contributed by atoms with van der Waals surface area (Å²) < 4.78 is 5.60. The summed E-state index contributed by atoms with van der Waals surface area (Å²) in [7, 11) is 0. The molecule has 6 heteroatoms. The van der Waals surface area contributed by atoms with Gasteiger partial charge >= 0.3 is 0 Å². The third kappa shape index (κ3) is 5.65. The first-order valence-corrected chi connectivity index (χ1v) is 8.51. The summed E-state index contributed by atoms with van der Waals surface area (Å²) in [4.78, 5) is 16.4. The maximum Gasteiger partial charge on any atom is 0.260 e. The number of aryl methyl sites for hydroxylation is 2. The van der Waals surface area contributed by atoms with E-state index >= 15 is 0 Å². The largest absolute Gasteiger partial charge is 0.481 e. The monoisotopic (exact) mass is 334 g/mol. The van der Waals surface area contributed by atoms with Crippen LogP contribution in [-0.2, 0) is 17.8 Å².